The molecule has 0 heterocycles. The Labute approximate surface area is 98.3 Å². The van der Waals surface area contributed by atoms with Gasteiger partial charge in [-0.25, -0.2) is 4.39 Å². The number of hydrazine groups is 1. The second-order valence-electron chi connectivity index (χ2n) is 3.27. The molecule has 1 aromatic carbocycles. The van der Waals surface area contributed by atoms with Gasteiger partial charge in [-0.1, -0.05) is 17.7 Å². The van der Waals surface area contributed by atoms with Gasteiger partial charge >= 0.3 is 0 Å². The average molecular weight is 249 g/mol. The predicted molar refractivity (Wildman–Crippen MR) is 64.6 cm³/mol. The number of nitrogens with two attached hydrogens (primary N) is 1. The van der Waals surface area contributed by atoms with Crippen molar-refractivity contribution < 1.29 is 4.39 Å². The third kappa shape index (κ3) is 3.99. The van der Waals surface area contributed by atoms with Crippen LogP contribution >= 0.6 is 23.4 Å². The van der Waals surface area contributed by atoms with Crippen LogP contribution in [0.4, 0.5) is 4.39 Å². The summed E-state index contributed by atoms with van der Waals surface area (Å²) >= 11 is 7.40. The minimum absolute atomic E-state index is 0.160. The third-order valence-corrected chi connectivity index (χ3v) is 3.10. The lowest BCUT2D eigenvalue weighted by Gasteiger charge is -2.14. The predicted octanol–water partition coefficient (Wildman–Crippen LogP) is 2.22. The molecule has 0 aliphatic carbocycles. The van der Waals surface area contributed by atoms with Crippen LogP contribution in [-0.4, -0.2) is 18.1 Å². The fourth-order valence-electron chi connectivity index (χ4n) is 1.32. The van der Waals surface area contributed by atoms with Crippen molar-refractivity contribution in [2.45, 2.75) is 12.5 Å². The fourth-order valence-corrected chi connectivity index (χ4v) is 2.14. The van der Waals surface area contributed by atoms with E-state index in [1.165, 1.54) is 6.07 Å². The molecule has 0 spiro atoms. The van der Waals surface area contributed by atoms with Crippen LogP contribution in [0.15, 0.2) is 18.2 Å². The monoisotopic (exact) mass is 248 g/mol. The summed E-state index contributed by atoms with van der Waals surface area (Å²) in [4.78, 5) is 0. The Bertz CT molecular complexity index is 322. The van der Waals surface area contributed by atoms with Gasteiger partial charge < -0.3 is 0 Å². The van der Waals surface area contributed by atoms with Gasteiger partial charge in [-0.05, 0) is 30.4 Å². The minimum Gasteiger partial charge on any atom is -0.271 e. The SMILES string of the molecule is CSCC(Cc1ccc(F)c(Cl)c1)NN. The van der Waals surface area contributed by atoms with Gasteiger partial charge in [-0.15, -0.1) is 0 Å². The largest absolute Gasteiger partial charge is 0.271 e. The van der Waals surface area contributed by atoms with E-state index in [1.54, 1.807) is 23.9 Å². The highest BCUT2D eigenvalue weighted by Gasteiger charge is 2.08. The molecule has 15 heavy (non-hydrogen) atoms. The number of hydrogen-bond acceptors (Lipinski definition) is 3. The fraction of sp³-hybridized carbons (Fsp3) is 0.400. The molecule has 1 rings (SSSR count). The van der Waals surface area contributed by atoms with Gasteiger partial charge in [0.15, 0.2) is 0 Å². The molecule has 0 bridgehead atoms. The van der Waals surface area contributed by atoms with Crippen molar-refractivity contribution in [1.29, 1.82) is 0 Å². The van der Waals surface area contributed by atoms with Crippen LogP contribution in [0.5, 0.6) is 0 Å². The lowest BCUT2D eigenvalue weighted by Crippen LogP contribution is -2.38. The smallest absolute Gasteiger partial charge is 0.141 e. The van der Waals surface area contributed by atoms with Crippen molar-refractivity contribution in [3.8, 4) is 0 Å². The van der Waals surface area contributed by atoms with Gasteiger partial charge in [-0.2, -0.15) is 11.8 Å². The first kappa shape index (κ1) is 12.8. The van der Waals surface area contributed by atoms with Gasteiger partial charge in [0.1, 0.15) is 5.82 Å². The quantitative estimate of drug-likeness (QED) is 0.620. The molecular formula is C10H14ClFN2S. The minimum atomic E-state index is -0.387. The topological polar surface area (TPSA) is 38.0 Å². The highest BCUT2D eigenvalue weighted by Crippen LogP contribution is 2.17. The Morgan fingerprint density at radius 2 is 2.33 bits per heavy atom. The molecule has 0 amide bonds. The van der Waals surface area contributed by atoms with Crippen molar-refractivity contribution in [3.05, 3.63) is 34.6 Å². The molecule has 0 fully saturated rings. The van der Waals surface area contributed by atoms with E-state index in [9.17, 15) is 4.39 Å². The van der Waals surface area contributed by atoms with Gasteiger partial charge in [0.2, 0.25) is 0 Å². The van der Waals surface area contributed by atoms with Crippen molar-refractivity contribution in [3.63, 3.8) is 0 Å². The zero-order valence-electron chi connectivity index (χ0n) is 8.47. The maximum Gasteiger partial charge on any atom is 0.141 e. The summed E-state index contributed by atoms with van der Waals surface area (Å²) in [7, 11) is 0. The number of thioether (sulfide) groups is 1. The molecule has 1 aromatic rings. The molecule has 5 heteroatoms. The first-order valence-corrected chi connectivity index (χ1v) is 6.33. The Balaban J connectivity index is 2.66. The van der Waals surface area contributed by atoms with Gasteiger partial charge in [0.05, 0.1) is 5.02 Å². The summed E-state index contributed by atoms with van der Waals surface area (Å²) < 4.78 is 12.9. The first-order chi connectivity index (χ1) is 7.17. The van der Waals surface area contributed by atoms with Crippen LogP contribution in [0.2, 0.25) is 5.02 Å². The normalized spacial score (nSPS) is 12.8. The molecule has 0 saturated heterocycles. The van der Waals surface area contributed by atoms with Crippen LogP contribution in [0, 0.1) is 5.82 Å². The zero-order chi connectivity index (χ0) is 11.3. The maximum absolute atomic E-state index is 12.9. The Hall–Kier alpha value is -0.290. The van der Waals surface area contributed by atoms with E-state index in [2.05, 4.69) is 5.43 Å². The van der Waals surface area contributed by atoms with Crippen LogP contribution in [-0.2, 0) is 6.42 Å². The zero-order valence-corrected chi connectivity index (χ0v) is 10.0. The third-order valence-electron chi connectivity index (χ3n) is 2.07. The van der Waals surface area contributed by atoms with E-state index < -0.39 is 0 Å². The summed E-state index contributed by atoms with van der Waals surface area (Å²) in [6.45, 7) is 0. The van der Waals surface area contributed by atoms with E-state index in [4.69, 9.17) is 17.4 Å². The molecule has 3 N–H and O–H groups in total. The average Bonchev–Trinajstić information content (AvgIpc) is 2.23. The van der Waals surface area contributed by atoms with E-state index in [1.807, 2.05) is 6.26 Å². The molecule has 0 radical (unpaired) electrons. The number of hydrogen-bond donors (Lipinski definition) is 2. The summed E-state index contributed by atoms with van der Waals surface area (Å²) in [6.07, 6.45) is 2.76. The van der Waals surface area contributed by atoms with Crippen molar-refractivity contribution in [1.82, 2.24) is 5.43 Å². The summed E-state index contributed by atoms with van der Waals surface area (Å²) in [6, 6.07) is 4.93. The molecular weight excluding hydrogens is 235 g/mol. The van der Waals surface area contributed by atoms with Crippen molar-refractivity contribution in [2.75, 3.05) is 12.0 Å². The van der Waals surface area contributed by atoms with Crippen molar-refractivity contribution >= 4 is 23.4 Å². The van der Waals surface area contributed by atoms with Crippen LogP contribution in [0.25, 0.3) is 0 Å². The van der Waals surface area contributed by atoms with Crippen molar-refractivity contribution in [2.24, 2.45) is 5.84 Å². The van der Waals surface area contributed by atoms with E-state index in [-0.39, 0.29) is 16.9 Å². The number of nitrogens with one attached hydrogen (secondary N) is 1. The van der Waals surface area contributed by atoms with E-state index in [0.717, 1.165) is 17.7 Å². The first-order valence-electron chi connectivity index (χ1n) is 4.56. The molecule has 2 nitrogen and oxygen atoms in total. The van der Waals surface area contributed by atoms with Gasteiger partial charge in [0.25, 0.3) is 0 Å². The number of halogens is 2. The van der Waals surface area contributed by atoms with Gasteiger partial charge in [-0.3, -0.25) is 11.3 Å². The molecule has 0 aliphatic rings. The highest BCUT2D eigenvalue weighted by atomic mass is 35.5. The molecule has 84 valence electrons. The second-order valence-corrected chi connectivity index (χ2v) is 4.59. The highest BCUT2D eigenvalue weighted by molar-refractivity contribution is 7.98. The molecule has 0 aromatic heterocycles. The summed E-state index contributed by atoms with van der Waals surface area (Å²) in [5.74, 6) is 5.93. The maximum atomic E-state index is 12.9. The van der Waals surface area contributed by atoms with Crippen LogP contribution < -0.4 is 11.3 Å². The molecule has 0 saturated carbocycles. The van der Waals surface area contributed by atoms with Gasteiger partial charge in [0, 0.05) is 11.8 Å². The van der Waals surface area contributed by atoms with Crippen LogP contribution in [0.3, 0.4) is 0 Å². The summed E-state index contributed by atoms with van der Waals surface area (Å²) in [5.41, 5.74) is 3.71. The molecule has 1 unspecified atom stereocenters. The number of rotatable bonds is 5. The Morgan fingerprint density at radius 3 is 2.87 bits per heavy atom. The molecule has 0 aliphatic heterocycles. The Morgan fingerprint density at radius 1 is 1.60 bits per heavy atom. The van der Waals surface area contributed by atoms with E-state index in [0.29, 0.717) is 0 Å². The summed E-state index contributed by atoms with van der Waals surface area (Å²) in [5, 5.41) is 0.160. The lowest BCUT2D eigenvalue weighted by atomic mass is 10.1. The number of benzene rings is 1. The lowest BCUT2D eigenvalue weighted by molar-refractivity contribution is 0.574. The standard InChI is InChI=1S/C10H14ClFN2S/c1-15-6-8(14-13)4-7-2-3-10(12)9(11)5-7/h2-3,5,8,14H,4,6,13H2,1H3. The van der Waals surface area contributed by atoms with Crippen LogP contribution in [0.1, 0.15) is 5.56 Å². The molecule has 1 atom stereocenters. The van der Waals surface area contributed by atoms with E-state index >= 15 is 0 Å². The Kier molecular flexibility index (Phi) is 5.39. The second kappa shape index (κ2) is 6.33.